The first kappa shape index (κ1) is 11.3. The van der Waals surface area contributed by atoms with Gasteiger partial charge in [0.2, 0.25) is 0 Å². The van der Waals surface area contributed by atoms with Crippen molar-refractivity contribution >= 4 is 22.6 Å². The van der Waals surface area contributed by atoms with Gasteiger partial charge in [-0.05, 0) is 46.9 Å². The Bertz CT molecular complexity index is 524. The summed E-state index contributed by atoms with van der Waals surface area (Å²) in [6.07, 6.45) is 9.90. The van der Waals surface area contributed by atoms with Gasteiger partial charge in [0.05, 0.1) is 6.20 Å². The Morgan fingerprint density at radius 3 is 2.88 bits per heavy atom. The topological polar surface area (TPSA) is 35.6 Å². The molecule has 1 saturated carbocycles. The van der Waals surface area contributed by atoms with E-state index in [9.17, 15) is 0 Å². The molecule has 0 saturated heterocycles. The number of aromatic nitrogens is 4. The molecular formula is C12H15IN4. The maximum Gasteiger partial charge on any atom is 0.126 e. The molecule has 0 atom stereocenters. The lowest BCUT2D eigenvalue weighted by Gasteiger charge is -1.97. The molecule has 0 aromatic carbocycles. The molecule has 3 rings (SSSR count). The average Bonchev–Trinajstić information content (AvgIpc) is 2.88. The van der Waals surface area contributed by atoms with Crippen molar-refractivity contribution in [1.82, 2.24) is 19.6 Å². The van der Waals surface area contributed by atoms with Crippen molar-refractivity contribution in [2.45, 2.75) is 25.8 Å². The highest BCUT2D eigenvalue weighted by molar-refractivity contribution is 14.1. The molecule has 5 heteroatoms. The van der Waals surface area contributed by atoms with Crippen molar-refractivity contribution in [3.8, 4) is 0 Å². The number of halogens is 1. The van der Waals surface area contributed by atoms with E-state index in [4.69, 9.17) is 0 Å². The minimum Gasteiger partial charge on any atom is -0.274 e. The first-order chi connectivity index (χ1) is 8.20. The Labute approximate surface area is 114 Å². The first-order valence-corrected chi connectivity index (χ1v) is 6.98. The van der Waals surface area contributed by atoms with Crippen LogP contribution in [0.5, 0.6) is 0 Å². The molecular weight excluding hydrogens is 327 g/mol. The van der Waals surface area contributed by atoms with Crippen LogP contribution in [0.4, 0.5) is 0 Å². The highest BCUT2D eigenvalue weighted by Crippen LogP contribution is 2.30. The second-order valence-corrected chi connectivity index (χ2v) is 5.83. The van der Waals surface area contributed by atoms with E-state index in [1.807, 2.05) is 17.9 Å². The van der Waals surface area contributed by atoms with Crippen molar-refractivity contribution in [2.24, 2.45) is 13.0 Å². The molecule has 1 aliphatic rings. The van der Waals surface area contributed by atoms with E-state index in [-0.39, 0.29) is 0 Å². The lowest BCUT2D eigenvalue weighted by Crippen LogP contribution is -1.99. The third-order valence-electron chi connectivity index (χ3n) is 3.08. The number of rotatable bonds is 4. The Morgan fingerprint density at radius 2 is 2.24 bits per heavy atom. The lowest BCUT2D eigenvalue weighted by molar-refractivity contribution is 0.563. The molecule has 2 aromatic heterocycles. The molecule has 0 spiro atoms. The first-order valence-electron chi connectivity index (χ1n) is 5.90. The van der Waals surface area contributed by atoms with Crippen LogP contribution in [0.15, 0.2) is 18.6 Å². The number of aryl methyl sites for hydroxylation is 1. The molecule has 0 N–H and O–H groups in total. The summed E-state index contributed by atoms with van der Waals surface area (Å²) >= 11 is 2.29. The highest BCUT2D eigenvalue weighted by atomic mass is 127. The van der Waals surface area contributed by atoms with Crippen LogP contribution in [-0.4, -0.2) is 19.6 Å². The SMILES string of the molecule is Cn1cc(Cc2cnn(CC3CC3)c2)c(I)n1. The maximum absolute atomic E-state index is 4.42. The van der Waals surface area contributed by atoms with Crippen molar-refractivity contribution in [3.63, 3.8) is 0 Å². The molecule has 90 valence electrons. The van der Waals surface area contributed by atoms with Crippen LogP contribution in [0, 0.1) is 9.62 Å². The van der Waals surface area contributed by atoms with Crippen LogP contribution in [0.1, 0.15) is 24.0 Å². The van der Waals surface area contributed by atoms with Crippen molar-refractivity contribution in [1.29, 1.82) is 0 Å². The number of hydrogen-bond donors (Lipinski definition) is 0. The van der Waals surface area contributed by atoms with E-state index in [1.165, 1.54) is 24.0 Å². The third-order valence-corrected chi connectivity index (χ3v) is 3.99. The predicted octanol–water partition coefficient (Wildman–Crippen LogP) is 2.22. The van der Waals surface area contributed by atoms with Crippen LogP contribution in [-0.2, 0) is 20.0 Å². The molecule has 0 radical (unpaired) electrons. The van der Waals surface area contributed by atoms with E-state index < -0.39 is 0 Å². The summed E-state index contributed by atoms with van der Waals surface area (Å²) in [5.41, 5.74) is 2.55. The normalized spacial score (nSPS) is 15.4. The minimum atomic E-state index is 0.876. The van der Waals surface area contributed by atoms with Crippen LogP contribution in [0.2, 0.25) is 0 Å². The fourth-order valence-electron chi connectivity index (χ4n) is 2.01. The Morgan fingerprint density at radius 1 is 1.41 bits per heavy atom. The molecule has 0 aliphatic heterocycles. The molecule has 1 fully saturated rings. The largest absolute Gasteiger partial charge is 0.274 e. The average molecular weight is 342 g/mol. The summed E-state index contributed by atoms with van der Waals surface area (Å²) in [5.74, 6) is 0.876. The molecule has 0 bridgehead atoms. The van der Waals surface area contributed by atoms with E-state index in [0.717, 1.165) is 22.6 Å². The van der Waals surface area contributed by atoms with Gasteiger partial charge >= 0.3 is 0 Å². The fourth-order valence-corrected chi connectivity index (χ4v) is 2.68. The predicted molar refractivity (Wildman–Crippen MR) is 73.7 cm³/mol. The summed E-state index contributed by atoms with van der Waals surface area (Å²) in [7, 11) is 1.96. The second-order valence-electron chi connectivity index (χ2n) is 4.81. The highest BCUT2D eigenvalue weighted by Gasteiger charge is 2.22. The molecule has 4 nitrogen and oxygen atoms in total. The van der Waals surface area contributed by atoms with Gasteiger partial charge < -0.3 is 0 Å². The number of hydrogen-bond acceptors (Lipinski definition) is 2. The summed E-state index contributed by atoms with van der Waals surface area (Å²) in [5, 5.41) is 8.76. The zero-order chi connectivity index (χ0) is 11.8. The molecule has 1 aliphatic carbocycles. The third kappa shape index (κ3) is 2.70. The van der Waals surface area contributed by atoms with Crippen LogP contribution in [0.3, 0.4) is 0 Å². The monoisotopic (exact) mass is 342 g/mol. The van der Waals surface area contributed by atoms with Gasteiger partial charge in [0.15, 0.2) is 0 Å². The second kappa shape index (κ2) is 4.44. The van der Waals surface area contributed by atoms with Gasteiger partial charge in [-0.15, -0.1) is 0 Å². The summed E-state index contributed by atoms with van der Waals surface area (Å²) in [4.78, 5) is 0. The van der Waals surface area contributed by atoms with E-state index in [2.05, 4.69) is 49.9 Å². The van der Waals surface area contributed by atoms with E-state index in [0.29, 0.717) is 0 Å². The summed E-state index contributed by atoms with van der Waals surface area (Å²) in [6.45, 7) is 1.09. The van der Waals surface area contributed by atoms with Crippen LogP contribution < -0.4 is 0 Å². The van der Waals surface area contributed by atoms with Gasteiger partial charge in [0, 0.05) is 38.0 Å². The van der Waals surface area contributed by atoms with Gasteiger partial charge in [0.1, 0.15) is 3.70 Å². The summed E-state index contributed by atoms with van der Waals surface area (Å²) in [6, 6.07) is 0. The molecule has 17 heavy (non-hydrogen) atoms. The zero-order valence-electron chi connectivity index (χ0n) is 9.80. The summed E-state index contributed by atoms with van der Waals surface area (Å²) < 4.78 is 5.03. The lowest BCUT2D eigenvalue weighted by atomic mass is 10.2. The Balaban J connectivity index is 1.71. The smallest absolute Gasteiger partial charge is 0.126 e. The minimum absolute atomic E-state index is 0.876. The Kier molecular flexibility index (Phi) is 2.94. The van der Waals surface area contributed by atoms with Crippen LogP contribution >= 0.6 is 22.6 Å². The molecule has 2 heterocycles. The van der Waals surface area contributed by atoms with Crippen molar-refractivity contribution in [3.05, 3.63) is 33.4 Å². The fraction of sp³-hybridized carbons (Fsp3) is 0.500. The number of nitrogens with zero attached hydrogens (tertiary/aromatic N) is 4. The Hall–Kier alpha value is -0.850. The van der Waals surface area contributed by atoms with Crippen LogP contribution in [0.25, 0.3) is 0 Å². The van der Waals surface area contributed by atoms with E-state index >= 15 is 0 Å². The van der Waals surface area contributed by atoms with Gasteiger partial charge in [-0.25, -0.2) is 0 Å². The molecule has 0 amide bonds. The van der Waals surface area contributed by atoms with Gasteiger partial charge in [-0.3, -0.25) is 9.36 Å². The molecule has 0 unspecified atom stereocenters. The zero-order valence-corrected chi connectivity index (χ0v) is 12.0. The molecule has 2 aromatic rings. The van der Waals surface area contributed by atoms with E-state index in [1.54, 1.807) is 0 Å². The van der Waals surface area contributed by atoms with Gasteiger partial charge in [-0.2, -0.15) is 10.2 Å². The quantitative estimate of drug-likeness (QED) is 0.799. The maximum atomic E-state index is 4.42. The van der Waals surface area contributed by atoms with Crippen molar-refractivity contribution < 1.29 is 0 Å². The standard InChI is InChI=1S/C12H15IN4/c1-16-8-11(12(13)15-16)4-10-5-14-17(7-10)6-9-2-3-9/h5,7-9H,2-4,6H2,1H3. The van der Waals surface area contributed by atoms with Crippen molar-refractivity contribution in [2.75, 3.05) is 0 Å². The van der Waals surface area contributed by atoms with Gasteiger partial charge in [0.25, 0.3) is 0 Å². The van der Waals surface area contributed by atoms with Gasteiger partial charge in [-0.1, -0.05) is 0 Å².